The van der Waals surface area contributed by atoms with Crippen molar-refractivity contribution >= 4 is 80.5 Å². The third-order valence-electron chi connectivity index (χ3n) is 5.43. The monoisotopic (exact) mass is 600 g/mol. The van der Waals surface area contributed by atoms with Crippen molar-refractivity contribution in [1.29, 1.82) is 0 Å². The minimum atomic E-state index is 0.0105. The van der Waals surface area contributed by atoms with Crippen molar-refractivity contribution in [3.05, 3.63) is 109 Å². The molecule has 0 aliphatic rings. The summed E-state index contributed by atoms with van der Waals surface area (Å²) in [6, 6.07) is 36.4. The normalized spacial score (nSPS) is 11.0. The molecule has 0 saturated heterocycles. The number of benzene rings is 4. The summed E-state index contributed by atoms with van der Waals surface area (Å²) in [5.41, 5.74) is 3.87. The van der Waals surface area contributed by atoms with Gasteiger partial charge in [0.1, 0.15) is 0 Å². The van der Waals surface area contributed by atoms with Crippen LogP contribution in [0.25, 0.3) is 21.8 Å². The quantitative estimate of drug-likeness (QED) is 0.267. The number of nitrogens with one attached hydrogen (secondary N) is 2. The summed E-state index contributed by atoms with van der Waals surface area (Å²) in [5, 5.41) is 8.95. The Hall–Kier alpha value is -3.80. The first-order valence-electron chi connectivity index (χ1n) is 11.3. The number of fused-ring (bicyclic) bond motifs is 2. The van der Waals surface area contributed by atoms with Crippen LogP contribution in [0.4, 0.5) is 23.0 Å². The summed E-state index contributed by atoms with van der Waals surface area (Å²) in [6.45, 7) is 0. The second kappa shape index (κ2) is 10.4. The van der Waals surface area contributed by atoms with E-state index in [9.17, 15) is 0 Å². The Morgan fingerprint density at radius 3 is 1.25 bits per heavy atom. The predicted molar refractivity (Wildman–Crippen MR) is 149 cm³/mol. The summed E-state index contributed by atoms with van der Waals surface area (Å²) < 4.78 is 1.68. The van der Waals surface area contributed by atoms with Gasteiger partial charge in [0.05, 0.1) is 0 Å². The zero-order valence-corrected chi connectivity index (χ0v) is 22.4. The van der Waals surface area contributed by atoms with Crippen molar-refractivity contribution < 1.29 is 0 Å². The fourth-order valence-corrected chi connectivity index (χ4v) is 8.44. The van der Waals surface area contributed by atoms with Gasteiger partial charge in [-0.25, -0.2) is 0 Å². The molecular formula is C28H20N6Se2. The molecule has 0 unspecified atom stereocenters. The molecule has 2 N–H and O–H groups in total. The van der Waals surface area contributed by atoms with Gasteiger partial charge in [-0.2, -0.15) is 0 Å². The molecule has 4 aromatic carbocycles. The third-order valence-corrected chi connectivity index (χ3v) is 11.2. The summed E-state index contributed by atoms with van der Waals surface area (Å²) in [5.74, 6) is 1.65. The van der Waals surface area contributed by atoms with Gasteiger partial charge in [-0.1, -0.05) is 0 Å². The molecule has 0 spiro atoms. The van der Waals surface area contributed by atoms with Crippen LogP contribution in [-0.2, 0) is 0 Å². The van der Waals surface area contributed by atoms with Crippen molar-refractivity contribution in [2.24, 2.45) is 0 Å². The van der Waals surface area contributed by atoms with E-state index >= 15 is 0 Å². The molecule has 6 nitrogen and oxygen atoms in total. The number of nitrogens with zero attached hydrogens (tertiary/aromatic N) is 4. The van der Waals surface area contributed by atoms with Crippen molar-refractivity contribution in [2.75, 3.05) is 10.6 Å². The van der Waals surface area contributed by atoms with E-state index in [1.54, 1.807) is 0 Å². The topological polar surface area (TPSA) is 75.6 Å². The average molecular weight is 598 g/mol. The number of aromatic nitrogens is 4. The predicted octanol–water partition coefficient (Wildman–Crippen LogP) is 4.33. The van der Waals surface area contributed by atoms with E-state index in [0.717, 1.165) is 54.3 Å². The van der Waals surface area contributed by atoms with Gasteiger partial charge in [0.2, 0.25) is 0 Å². The maximum atomic E-state index is 4.91. The third kappa shape index (κ3) is 5.08. The van der Waals surface area contributed by atoms with Gasteiger partial charge in [0.25, 0.3) is 0 Å². The Morgan fingerprint density at radius 2 is 0.806 bits per heavy atom. The van der Waals surface area contributed by atoms with Crippen LogP contribution < -0.4 is 20.1 Å². The molecule has 0 radical (unpaired) electrons. The summed E-state index contributed by atoms with van der Waals surface area (Å²) in [6.07, 6.45) is 0. The molecule has 8 heteroatoms. The summed E-state index contributed by atoms with van der Waals surface area (Å²) >= 11 is 0.0211. The van der Waals surface area contributed by atoms with Crippen LogP contribution in [-0.4, -0.2) is 46.2 Å². The van der Waals surface area contributed by atoms with Crippen LogP contribution in [0, 0.1) is 0 Å². The van der Waals surface area contributed by atoms with E-state index in [1.165, 1.54) is 0 Å². The van der Waals surface area contributed by atoms with Crippen LogP contribution in [0.5, 0.6) is 0 Å². The Morgan fingerprint density at radius 1 is 0.417 bits per heavy atom. The van der Waals surface area contributed by atoms with E-state index < -0.39 is 0 Å². The molecule has 174 valence electrons. The van der Waals surface area contributed by atoms with Crippen LogP contribution in [0.1, 0.15) is 0 Å². The second-order valence-corrected chi connectivity index (χ2v) is 13.8. The van der Waals surface area contributed by atoms with E-state index in [4.69, 9.17) is 19.9 Å². The molecule has 0 atom stereocenters. The van der Waals surface area contributed by atoms with E-state index in [-0.39, 0.29) is 26.3 Å². The molecule has 0 aliphatic heterocycles. The van der Waals surface area contributed by atoms with Crippen molar-refractivity contribution in [2.45, 2.75) is 0 Å². The first kappa shape index (κ1) is 22.6. The first-order chi connectivity index (χ1) is 17.8. The van der Waals surface area contributed by atoms with Gasteiger partial charge < -0.3 is 0 Å². The fourth-order valence-electron chi connectivity index (χ4n) is 3.77. The molecule has 36 heavy (non-hydrogen) atoms. The minimum absolute atomic E-state index is 0.0105. The molecule has 6 aromatic rings. The number of anilines is 4. The zero-order valence-electron chi connectivity index (χ0n) is 19.0. The van der Waals surface area contributed by atoms with Crippen LogP contribution in [0.2, 0.25) is 0 Å². The number of hydrogen-bond acceptors (Lipinski definition) is 6. The van der Waals surface area contributed by atoms with E-state index in [1.807, 2.05) is 97.1 Å². The molecule has 0 fully saturated rings. The van der Waals surface area contributed by atoms with Crippen LogP contribution in [0.3, 0.4) is 0 Å². The van der Waals surface area contributed by atoms with Crippen molar-refractivity contribution in [1.82, 2.24) is 19.9 Å². The number of para-hydroxylation sites is 4. The van der Waals surface area contributed by atoms with E-state index in [0.29, 0.717) is 0 Å². The zero-order chi connectivity index (χ0) is 24.2. The number of rotatable bonds is 7. The van der Waals surface area contributed by atoms with Crippen LogP contribution >= 0.6 is 0 Å². The number of hydrogen-bond donors (Lipinski definition) is 2. The molecule has 0 saturated carbocycles. The van der Waals surface area contributed by atoms with Gasteiger partial charge in [0.15, 0.2) is 0 Å². The average Bonchev–Trinajstić information content (AvgIpc) is 2.93. The Balaban J connectivity index is 1.31. The first-order valence-corrected chi connectivity index (χ1v) is 17.4. The van der Waals surface area contributed by atoms with Crippen molar-refractivity contribution in [3.8, 4) is 0 Å². The van der Waals surface area contributed by atoms with Gasteiger partial charge in [-0.15, -0.1) is 0 Å². The molecule has 2 aromatic heterocycles. The molecule has 2 heterocycles. The Labute approximate surface area is 219 Å². The van der Waals surface area contributed by atoms with Crippen LogP contribution in [0.15, 0.2) is 109 Å². The fraction of sp³-hybridized carbons (Fsp3) is 0. The second-order valence-electron chi connectivity index (χ2n) is 7.89. The maximum absolute atomic E-state index is 4.91. The molecular weight excluding hydrogens is 578 g/mol. The van der Waals surface area contributed by atoms with Gasteiger partial charge in [0, 0.05) is 0 Å². The molecule has 0 aliphatic carbocycles. The van der Waals surface area contributed by atoms with Gasteiger partial charge in [-0.3, -0.25) is 0 Å². The van der Waals surface area contributed by atoms with Crippen molar-refractivity contribution in [3.63, 3.8) is 0 Å². The Kier molecular flexibility index (Phi) is 6.57. The summed E-state index contributed by atoms with van der Waals surface area (Å²) in [4.78, 5) is 19.6. The molecule has 0 amide bonds. The van der Waals surface area contributed by atoms with Gasteiger partial charge >= 0.3 is 220 Å². The molecule has 0 bridgehead atoms. The van der Waals surface area contributed by atoms with Gasteiger partial charge in [-0.05, 0) is 0 Å². The SMILES string of the molecule is c1ccc(Nc2nc([Se][Se]c3nc(Nc4ccccc4)c4ccccc4n3)nc3ccccc23)cc1. The summed E-state index contributed by atoms with van der Waals surface area (Å²) in [7, 11) is 0. The van der Waals surface area contributed by atoms with E-state index in [2.05, 4.69) is 22.8 Å². The molecule has 6 rings (SSSR count). The standard InChI is InChI=1S/C28H20N6Se2/c1-3-11-19(12-4-1)29-25-21-15-7-9-17-23(21)31-27(33-25)35-36-28-32-24-18-10-8-16-22(24)26(34-28)30-20-13-5-2-6-14-20/h1-18H,(H,29,31,33)(H,30,32,34). The Bertz CT molecular complexity index is 1520.